The Morgan fingerprint density at radius 2 is 1.74 bits per heavy atom. The number of ether oxygens (including phenoxy) is 1. The Labute approximate surface area is 246 Å². The summed E-state index contributed by atoms with van der Waals surface area (Å²) in [4.78, 5) is 27.7. The van der Waals surface area contributed by atoms with Gasteiger partial charge in [0.25, 0.3) is 0 Å². The number of carbonyl (C=O) groups excluding carboxylic acids is 2. The molecule has 0 unspecified atom stereocenters. The van der Waals surface area contributed by atoms with Crippen LogP contribution in [-0.4, -0.2) is 41.5 Å². The molecule has 6 rings (SSSR count). The number of allylic oxidation sites excluding steroid dienone is 1. The summed E-state index contributed by atoms with van der Waals surface area (Å²) in [6, 6.07) is 20.2. The van der Waals surface area contributed by atoms with Crippen molar-refractivity contribution in [3.05, 3.63) is 106 Å². The molecule has 2 N–H and O–H groups in total. The highest BCUT2D eigenvalue weighted by atomic mass is 16.5. The zero-order valence-electron chi connectivity index (χ0n) is 23.7. The quantitative estimate of drug-likeness (QED) is 0.244. The van der Waals surface area contributed by atoms with E-state index < -0.39 is 25.1 Å². The van der Waals surface area contributed by atoms with Crippen LogP contribution >= 0.6 is 0 Å². The molecule has 0 amide bonds. The number of benzene rings is 2. The molecule has 1 aliphatic heterocycles. The largest absolute Gasteiger partial charge is 0.489 e. The highest BCUT2D eigenvalue weighted by Crippen LogP contribution is 2.51. The normalized spacial score (nSPS) is 23.9. The number of hydrogen-bond donors (Lipinski definition) is 2. The first-order valence-electron chi connectivity index (χ1n) is 14.8. The summed E-state index contributed by atoms with van der Waals surface area (Å²) in [5.41, 5.74) is 4.07. The number of carbonyl (C=O) groups is 2. The smallest absolute Gasteiger partial charge is 0.455 e. The maximum absolute atomic E-state index is 13.9. The minimum absolute atomic E-state index is 0.0131. The SMILES string of the molecule is CC/C(=C\c1ccc(CO)o1)CC[C@H]1OB(O)C[C@H]2C1=C(COc1ccccc1)C[C@H]1C(=O)c3ccccc3C(=O)[C@H]12. The predicted molar refractivity (Wildman–Crippen MR) is 159 cm³/mol. The van der Waals surface area contributed by atoms with Crippen LogP contribution in [0.3, 0.4) is 0 Å². The first kappa shape index (κ1) is 28.4. The number of fused-ring (bicyclic) bond motifs is 4. The number of hydrogen-bond acceptors (Lipinski definition) is 7. The van der Waals surface area contributed by atoms with Crippen molar-refractivity contribution in [2.75, 3.05) is 6.61 Å². The van der Waals surface area contributed by atoms with E-state index in [-0.39, 0.29) is 37.0 Å². The summed E-state index contributed by atoms with van der Waals surface area (Å²) in [7, 11) is -1.04. The maximum Gasteiger partial charge on any atom is 0.455 e. The Morgan fingerprint density at radius 3 is 2.45 bits per heavy atom. The Morgan fingerprint density at radius 1 is 1.00 bits per heavy atom. The van der Waals surface area contributed by atoms with Crippen molar-refractivity contribution < 1.29 is 33.5 Å². The van der Waals surface area contributed by atoms with Gasteiger partial charge in [-0.15, -0.1) is 0 Å². The van der Waals surface area contributed by atoms with E-state index in [1.807, 2.05) is 42.5 Å². The topological polar surface area (TPSA) is 106 Å². The minimum Gasteiger partial charge on any atom is -0.489 e. The van der Waals surface area contributed by atoms with E-state index in [1.165, 1.54) is 0 Å². The van der Waals surface area contributed by atoms with Crippen LogP contribution in [-0.2, 0) is 11.3 Å². The number of rotatable bonds is 9. The van der Waals surface area contributed by atoms with Crippen LogP contribution in [0.4, 0.5) is 0 Å². The first-order valence-corrected chi connectivity index (χ1v) is 14.8. The van der Waals surface area contributed by atoms with Crippen molar-refractivity contribution in [1.29, 1.82) is 0 Å². The third-order valence-electron chi connectivity index (χ3n) is 8.89. The molecule has 8 heteroatoms. The number of para-hydroxylation sites is 1. The molecular formula is C34H35BO7. The molecule has 1 saturated heterocycles. The van der Waals surface area contributed by atoms with Gasteiger partial charge in [-0.05, 0) is 79.4 Å². The van der Waals surface area contributed by atoms with E-state index in [1.54, 1.807) is 30.3 Å². The van der Waals surface area contributed by atoms with Crippen LogP contribution < -0.4 is 4.74 Å². The lowest BCUT2D eigenvalue weighted by molar-refractivity contribution is 0.0592. The van der Waals surface area contributed by atoms with Gasteiger partial charge < -0.3 is 23.9 Å². The van der Waals surface area contributed by atoms with Gasteiger partial charge in [0.1, 0.15) is 30.5 Å². The average molecular weight is 566 g/mol. The summed E-state index contributed by atoms with van der Waals surface area (Å²) in [6.07, 6.45) is 4.33. The zero-order chi connectivity index (χ0) is 29.2. The summed E-state index contributed by atoms with van der Waals surface area (Å²) in [6.45, 7) is 2.21. The fraction of sp³-hybridized carbons (Fsp3) is 0.353. The van der Waals surface area contributed by atoms with Crippen LogP contribution in [0.15, 0.2) is 87.9 Å². The highest BCUT2D eigenvalue weighted by Gasteiger charge is 2.53. The lowest BCUT2D eigenvalue weighted by atomic mass is 9.54. The van der Waals surface area contributed by atoms with Gasteiger partial charge in [-0.2, -0.15) is 0 Å². The van der Waals surface area contributed by atoms with E-state index in [0.717, 1.165) is 28.9 Å². The number of aliphatic hydroxyl groups excluding tert-OH is 1. The Bertz CT molecular complexity index is 1520. The van der Waals surface area contributed by atoms with E-state index >= 15 is 0 Å². The average Bonchev–Trinajstić information content (AvgIpc) is 3.48. The fourth-order valence-electron chi connectivity index (χ4n) is 6.91. The maximum atomic E-state index is 13.9. The summed E-state index contributed by atoms with van der Waals surface area (Å²) < 4.78 is 18.0. The zero-order valence-corrected chi connectivity index (χ0v) is 23.7. The van der Waals surface area contributed by atoms with Crippen molar-refractivity contribution in [2.45, 2.75) is 51.6 Å². The highest BCUT2D eigenvalue weighted by molar-refractivity contribution is 6.43. The molecule has 0 spiro atoms. The van der Waals surface area contributed by atoms with Gasteiger partial charge in [-0.25, -0.2) is 0 Å². The van der Waals surface area contributed by atoms with Gasteiger partial charge in [0.2, 0.25) is 0 Å². The third kappa shape index (κ3) is 5.54. The Hall–Kier alpha value is -3.72. The van der Waals surface area contributed by atoms with Crippen LogP contribution in [0.5, 0.6) is 5.75 Å². The molecule has 2 heterocycles. The van der Waals surface area contributed by atoms with Gasteiger partial charge in [0.05, 0.1) is 6.10 Å². The number of furan rings is 1. The lowest BCUT2D eigenvalue weighted by Crippen LogP contribution is -2.51. The van der Waals surface area contributed by atoms with Gasteiger partial charge in [0.15, 0.2) is 11.6 Å². The summed E-state index contributed by atoms with van der Waals surface area (Å²) in [5.74, 6) is 0.531. The van der Waals surface area contributed by atoms with Crippen molar-refractivity contribution in [3.63, 3.8) is 0 Å². The summed E-state index contributed by atoms with van der Waals surface area (Å²) in [5, 5.41) is 20.3. The van der Waals surface area contributed by atoms with Crippen LogP contribution in [0, 0.1) is 17.8 Å². The minimum atomic E-state index is -1.04. The van der Waals surface area contributed by atoms with Crippen molar-refractivity contribution in [3.8, 4) is 5.75 Å². The second-order valence-electron chi connectivity index (χ2n) is 11.3. The molecule has 0 radical (unpaired) electrons. The van der Waals surface area contributed by atoms with Crippen molar-refractivity contribution in [2.24, 2.45) is 17.8 Å². The second-order valence-corrected chi connectivity index (χ2v) is 11.3. The van der Waals surface area contributed by atoms with Gasteiger partial charge >= 0.3 is 7.12 Å². The molecule has 42 heavy (non-hydrogen) atoms. The van der Waals surface area contributed by atoms with Crippen molar-refractivity contribution in [1.82, 2.24) is 0 Å². The molecule has 1 aromatic heterocycles. The molecule has 3 aliphatic rings. The summed E-state index contributed by atoms with van der Waals surface area (Å²) >= 11 is 0. The van der Waals surface area contributed by atoms with Crippen LogP contribution in [0.2, 0.25) is 6.32 Å². The van der Waals surface area contributed by atoms with E-state index in [0.29, 0.717) is 41.9 Å². The van der Waals surface area contributed by atoms with E-state index in [9.17, 15) is 19.7 Å². The second kappa shape index (κ2) is 12.3. The van der Waals surface area contributed by atoms with Crippen molar-refractivity contribution >= 4 is 24.8 Å². The molecule has 7 nitrogen and oxygen atoms in total. The number of Topliss-reactive ketones (excluding diaryl/α,β-unsaturated/α-hetero) is 2. The molecular weight excluding hydrogens is 531 g/mol. The van der Waals surface area contributed by atoms with Gasteiger partial charge in [-0.1, -0.05) is 55.0 Å². The van der Waals surface area contributed by atoms with E-state index in [4.69, 9.17) is 13.8 Å². The molecule has 216 valence electrons. The Kier molecular flexibility index (Phi) is 8.29. The predicted octanol–water partition coefficient (Wildman–Crippen LogP) is 5.93. The fourth-order valence-corrected chi connectivity index (χ4v) is 6.91. The van der Waals surface area contributed by atoms with Crippen LogP contribution in [0.1, 0.15) is 64.8 Å². The molecule has 0 bridgehead atoms. The van der Waals surface area contributed by atoms with E-state index in [2.05, 4.69) is 6.92 Å². The monoisotopic (exact) mass is 566 g/mol. The Balaban J connectivity index is 1.34. The molecule has 1 fully saturated rings. The molecule has 2 aromatic carbocycles. The van der Waals surface area contributed by atoms with Gasteiger partial charge in [0, 0.05) is 23.0 Å². The molecule has 3 aromatic rings. The lowest BCUT2D eigenvalue weighted by Gasteiger charge is -2.47. The van der Waals surface area contributed by atoms with Gasteiger partial charge in [-0.3, -0.25) is 9.59 Å². The molecule has 2 aliphatic carbocycles. The standard InChI is InChI=1S/C34H35BO7/c1-2-21(16-24-13-14-25(19-36)41-24)12-15-30-31-22(20-40-23-8-4-3-5-9-23)17-28-32(29(31)18-35(39)42-30)34(38)27-11-7-6-10-26(27)33(28)37/h3-11,13-14,16,28-30,32,36,39H,2,12,15,17-20H2,1H3/b21-16+/t28-,29+,30-,32-/m1/s1. The third-order valence-corrected chi connectivity index (χ3v) is 8.89. The first-order chi connectivity index (χ1) is 20.5. The number of aliphatic hydroxyl groups is 1. The molecule has 0 saturated carbocycles. The molecule has 4 atom stereocenters. The van der Waals surface area contributed by atoms with Crippen LogP contribution in [0.25, 0.3) is 6.08 Å². The number of ketones is 2.